The number of hydrogen-bond acceptors (Lipinski definition) is 9. The van der Waals surface area contributed by atoms with Crippen LogP contribution in [0.5, 0.6) is 0 Å². The van der Waals surface area contributed by atoms with E-state index in [-0.39, 0.29) is 22.9 Å². The van der Waals surface area contributed by atoms with E-state index in [4.69, 9.17) is 33.2 Å². The van der Waals surface area contributed by atoms with Gasteiger partial charge in [-0.2, -0.15) is 0 Å². The van der Waals surface area contributed by atoms with Gasteiger partial charge in [0, 0.05) is 11.4 Å². The Bertz CT molecular complexity index is 1140. The van der Waals surface area contributed by atoms with Crippen LogP contribution < -0.4 is 9.80 Å². The monoisotopic (exact) mass is 536 g/mol. The molecule has 2 aromatic carbocycles. The summed E-state index contributed by atoms with van der Waals surface area (Å²) in [4.78, 5) is 4.49. The molecule has 6 unspecified atom stereocenters. The normalized spacial score (nSPS) is 42.6. The van der Waals surface area contributed by atoms with Crippen LogP contribution in [0, 0.1) is 0 Å². The fourth-order valence-corrected chi connectivity index (χ4v) is 6.08. The van der Waals surface area contributed by atoms with E-state index in [1.807, 2.05) is 0 Å². The molecule has 208 valence electrons. The van der Waals surface area contributed by atoms with Crippen LogP contribution in [0.3, 0.4) is 0 Å². The Hall–Kier alpha value is -2.24. The van der Waals surface area contributed by atoms with Crippen molar-refractivity contribution in [3.05, 3.63) is 59.7 Å². The zero-order valence-corrected chi connectivity index (χ0v) is 23.0. The van der Waals surface area contributed by atoms with Crippen molar-refractivity contribution < 1.29 is 33.2 Å². The number of hydrogen-bond donors (Lipinski definition) is 0. The molecule has 6 aliphatic rings. The highest BCUT2D eigenvalue weighted by Gasteiger charge is 2.60. The van der Waals surface area contributed by atoms with E-state index in [2.05, 4.69) is 86.0 Å². The predicted molar refractivity (Wildman–Crippen MR) is 141 cm³/mol. The number of anilines is 2. The SMILES string of the molecule is CC1(N(c2ccc(C3(COCC4(c5ccc(N(C6(C)CO6)C6(C)CO6)cc5)CO4)CO3)cc2)C2(C)CO2)CO1. The van der Waals surface area contributed by atoms with E-state index in [0.29, 0.717) is 52.9 Å². The van der Waals surface area contributed by atoms with Gasteiger partial charge in [-0.15, -0.1) is 0 Å². The van der Waals surface area contributed by atoms with Gasteiger partial charge < -0.3 is 43.0 Å². The van der Waals surface area contributed by atoms with Crippen molar-refractivity contribution in [1.29, 1.82) is 0 Å². The summed E-state index contributed by atoms with van der Waals surface area (Å²) >= 11 is 0. The first-order valence-electron chi connectivity index (χ1n) is 13.8. The van der Waals surface area contributed by atoms with E-state index < -0.39 is 11.2 Å². The van der Waals surface area contributed by atoms with Gasteiger partial charge in [-0.1, -0.05) is 24.3 Å². The van der Waals surface area contributed by atoms with E-state index >= 15 is 0 Å². The predicted octanol–water partition coefficient (Wildman–Crippen LogP) is 3.45. The second-order valence-corrected chi connectivity index (χ2v) is 12.7. The molecule has 0 aliphatic carbocycles. The average molecular weight is 537 g/mol. The quantitative estimate of drug-likeness (QED) is 0.378. The van der Waals surface area contributed by atoms with Crippen LogP contribution in [-0.2, 0) is 44.4 Å². The van der Waals surface area contributed by atoms with Crippen LogP contribution in [0.2, 0.25) is 0 Å². The van der Waals surface area contributed by atoms with E-state index in [0.717, 1.165) is 22.5 Å². The maximum absolute atomic E-state index is 6.26. The summed E-state index contributed by atoms with van der Waals surface area (Å²) in [6.45, 7) is 13.5. The number of benzene rings is 2. The molecule has 8 rings (SSSR count). The minimum Gasteiger partial charge on any atom is -0.375 e. The zero-order chi connectivity index (χ0) is 26.7. The first-order chi connectivity index (χ1) is 18.6. The van der Waals surface area contributed by atoms with Crippen molar-refractivity contribution in [2.45, 2.75) is 61.8 Å². The molecule has 0 bridgehead atoms. The Kier molecular flexibility index (Phi) is 4.87. The molecule has 0 radical (unpaired) electrons. The molecular formula is C30H36N2O7. The third kappa shape index (κ3) is 4.10. The molecule has 9 heteroatoms. The first-order valence-corrected chi connectivity index (χ1v) is 13.8. The number of rotatable bonds is 12. The molecule has 0 aromatic heterocycles. The summed E-state index contributed by atoms with van der Waals surface area (Å²) in [7, 11) is 0. The lowest BCUT2D eigenvalue weighted by molar-refractivity contribution is 0.0403. The van der Waals surface area contributed by atoms with Crippen LogP contribution in [0.1, 0.15) is 38.8 Å². The van der Waals surface area contributed by atoms with Crippen LogP contribution in [0.25, 0.3) is 0 Å². The molecule has 39 heavy (non-hydrogen) atoms. The molecule has 2 aromatic rings. The van der Waals surface area contributed by atoms with Crippen molar-refractivity contribution in [1.82, 2.24) is 0 Å². The number of nitrogens with zero attached hydrogens (tertiary/aromatic N) is 2. The van der Waals surface area contributed by atoms with Crippen LogP contribution in [0.4, 0.5) is 11.4 Å². The summed E-state index contributed by atoms with van der Waals surface area (Å²) < 4.78 is 41.1. The smallest absolute Gasteiger partial charge is 0.164 e. The maximum Gasteiger partial charge on any atom is 0.164 e. The van der Waals surface area contributed by atoms with Gasteiger partial charge in [0.2, 0.25) is 0 Å². The fourth-order valence-electron chi connectivity index (χ4n) is 6.08. The van der Waals surface area contributed by atoms with Crippen molar-refractivity contribution in [3.63, 3.8) is 0 Å². The molecule has 0 amide bonds. The minimum absolute atomic E-state index is 0.300. The summed E-state index contributed by atoms with van der Waals surface area (Å²) in [5.41, 5.74) is 2.43. The van der Waals surface area contributed by atoms with Gasteiger partial charge in [0.25, 0.3) is 0 Å². The van der Waals surface area contributed by atoms with E-state index in [1.165, 1.54) is 0 Å². The Morgan fingerprint density at radius 3 is 1.03 bits per heavy atom. The molecule has 6 heterocycles. The summed E-state index contributed by atoms with van der Waals surface area (Å²) in [5, 5.41) is 0. The second kappa shape index (κ2) is 7.73. The van der Waals surface area contributed by atoms with Crippen molar-refractivity contribution >= 4 is 11.4 Å². The highest BCUT2D eigenvalue weighted by atomic mass is 16.7. The highest BCUT2D eigenvalue weighted by molar-refractivity contribution is 5.56. The summed E-state index contributed by atoms with van der Waals surface area (Å²) in [6.07, 6.45) is 0. The first kappa shape index (κ1) is 24.5. The minimum atomic E-state index is -0.400. The van der Waals surface area contributed by atoms with Gasteiger partial charge in [-0.25, -0.2) is 0 Å². The van der Waals surface area contributed by atoms with Gasteiger partial charge >= 0.3 is 0 Å². The Balaban J connectivity index is 0.919. The van der Waals surface area contributed by atoms with Gasteiger partial charge in [0.15, 0.2) is 22.9 Å². The molecule has 0 N–H and O–H groups in total. The van der Waals surface area contributed by atoms with Crippen molar-refractivity contribution in [3.8, 4) is 0 Å². The molecule has 0 saturated carbocycles. The lowest BCUT2D eigenvalue weighted by Crippen LogP contribution is -2.46. The Morgan fingerprint density at radius 1 is 0.513 bits per heavy atom. The average Bonchev–Trinajstić information content (AvgIpc) is 3.73. The molecule has 6 atom stereocenters. The lowest BCUT2D eigenvalue weighted by atomic mass is 9.98. The third-order valence-electron chi connectivity index (χ3n) is 9.10. The van der Waals surface area contributed by atoms with E-state index in [9.17, 15) is 0 Å². The van der Waals surface area contributed by atoms with Gasteiger partial charge in [-0.05, 0) is 63.1 Å². The Labute approximate surface area is 228 Å². The van der Waals surface area contributed by atoms with Crippen LogP contribution in [-0.4, -0.2) is 75.8 Å². The molecule has 6 saturated heterocycles. The lowest BCUT2D eigenvalue weighted by Gasteiger charge is -2.33. The fraction of sp³-hybridized carbons (Fsp3) is 0.600. The number of ether oxygens (including phenoxy) is 7. The topological polar surface area (TPSA) is 90.9 Å². The van der Waals surface area contributed by atoms with Gasteiger partial charge in [0.1, 0.15) is 11.2 Å². The van der Waals surface area contributed by atoms with E-state index in [1.54, 1.807) is 0 Å². The molecule has 6 aliphatic heterocycles. The van der Waals surface area contributed by atoms with Crippen LogP contribution >= 0.6 is 0 Å². The largest absolute Gasteiger partial charge is 0.375 e. The highest BCUT2D eigenvalue weighted by Crippen LogP contribution is 2.49. The van der Waals surface area contributed by atoms with Crippen molar-refractivity contribution in [2.75, 3.05) is 62.7 Å². The summed E-state index contributed by atoms with van der Waals surface area (Å²) in [5.74, 6) is 0. The standard InChI is InChI=1S/C30H36N2O7/c1-25(13-34-25)31(26(2)14-35-26)23-9-5-21(6-10-23)29(19-38-29)17-33-18-30(20-39-30)22-7-11-24(12-8-22)32(27(3)15-36-27)28(4)16-37-28/h5-12H,13-20H2,1-4H3. The molecule has 9 nitrogen and oxygen atoms in total. The van der Waals surface area contributed by atoms with Crippen LogP contribution in [0.15, 0.2) is 48.5 Å². The third-order valence-corrected chi connectivity index (χ3v) is 9.10. The van der Waals surface area contributed by atoms with Crippen molar-refractivity contribution in [2.24, 2.45) is 0 Å². The Morgan fingerprint density at radius 2 is 0.795 bits per heavy atom. The summed E-state index contributed by atoms with van der Waals surface area (Å²) in [6, 6.07) is 17.1. The number of epoxide rings is 6. The maximum atomic E-state index is 6.26. The zero-order valence-electron chi connectivity index (χ0n) is 23.0. The van der Waals surface area contributed by atoms with Gasteiger partial charge in [-0.3, -0.25) is 0 Å². The molecular weight excluding hydrogens is 500 g/mol. The molecule has 0 spiro atoms. The molecule has 6 fully saturated rings. The van der Waals surface area contributed by atoms with Gasteiger partial charge in [0.05, 0.1) is 52.9 Å². The second-order valence-electron chi connectivity index (χ2n) is 12.7.